The molecule has 0 bridgehead atoms. The summed E-state index contributed by atoms with van der Waals surface area (Å²) in [5.74, 6) is -0.773. The molecule has 2 rings (SSSR count). The van der Waals surface area contributed by atoms with Crippen molar-refractivity contribution in [2.45, 2.75) is 26.3 Å². The predicted molar refractivity (Wildman–Crippen MR) is 88.9 cm³/mol. The van der Waals surface area contributed by atoms with Crippen molar-refractivity contribution >= 4 is 11.7 Å². The van der Waals surface area contributed by atoms with Gasteiger partial charge in [-0.15, -0.1) is 0 Å². The lowest BCUT2D eigenvalue weighted by Gasteiger charge is -2.27. The number of carbonyl (C=O) groups is 2. The van der Waals surface area contributed by atoms with E-state index < -0.39 is 17.7 Å². The van der Waals surface area contributed by atoms with Gasteiger partial charge in [-0.3, -0.25) is 9.59 Å². The van der Waals surface area contributed by atoms with E-state index in [0.717, 1.165) is 0 Å². The molecule has 1 aliphatic heterocycles. The van der Waals surface area contributed by atoms with Gasteiger partial charge in [0.25, 0.3) is 5.91 Å². The van der Waals surface area contributed by atoms with Crippen LogP contribution in [0.2, 0.25) is 0 Å². The Morgan fingerprint density at radius 3 is 2.67 bits per heavy atom. The van der Waals surface area contributed by atoms with Crippen LogP contribution in [0.4, 0.5) is 0 Å². The molecule has 1 aliphatic rings. The monoisotopic (exact) mass is 333 g/mol. The molecule has 0 aromatic heterocycles. The SMILES string of the molecule is CCOCCCN1C(=O)C(O)=C(C(C)=O)C1c1ccccc1OC. The van der Waals surface area contributed by atoms with Crippen LogP contribution in [0.25, 0.3) is 0 Å². The van der Waals surface area contributed by atoms with Gasteiger partial charge in [-0.05, 0) is 26.3 Å². The van der Waals surface area contributed by atoms with E-state index in [2.05, 4.69) is 0 Å². The molecule has 0 saturated carbocycles. The van der Waals surface area contributed by atoms with Gasteiger partial charge in [0.1, 0.15) is 5.75 Å². The first-order chi connectivity index (χ1) is 11.5. The first kappa shape index (κ1) is 18.0. The van der Waals surface area contributed by atoms with Crippen molar-refractivity contribution in [2.75, 3.05) is 26.9 Å². The Bertz CT molecular complexity index is 653. The summed E-state index contributed by atoms with van der Waals surface area (Å²) in [6.07, 6.45) is 0.615. The highest BCUT2D eigenvalue weighted by atomic mass is 16.5. The molecule has 1 atom stereocenters. The summed E-state index contributed by atoms with van der Waals surface area (Å²) in [6.45, 7) is 4.74. The molecule has 0 aliphatic carbocycles. The molecule has 1 heterocycles. The van der Waals surface area contributed by atoms with Crippen molar-refractivity contribution in [2.24, 2.45) is 0 Å². The molecular formula is C18H23NO5. The highest BCUT2D eigenvalue weighted by molar-refractivity contribution is 6.08. The van der Waals surface area contributed by atoms with E-state index in [1.807, 2.05) is 19.1 Å². The Balaban J connectivity index is 2.39. The lowest BCUT2D eigenvalue weighted by molar-refractivity contribution is -0.129. The zero-order valence-corrected chi connectivity index (χ0v) is 14.2. The molecule has 1 aromatic rings. The Morgan fingerprint density at radius 1 is 1.33 bits per heavy atom. The van der Waals surface area contributed by atoms with Gasteiger partial charge in [-0.2, -0.15) is 0 Å². The molecule has 1 N–H and O–H groups in total. The van der Waals surface area contributed by atoms with Crippen LogP contribution >= 0.6 is 0 Å². The van der Waals surface area contributed by atoms with Crippen molar-refractivity contribution in [3.8, 4) is 5.75 Å². The van der Waals surface area contributed by atoms with Crippen molar-refractivity contribution in [3.63, 3.8) is 0 Å². The van der Waals surface area contributed by atoms with Crippen LogP contribution in [0, 0.1) is 0 Å². The number of ether oxygens (including phenoxy) is 2. The van der Waals surface area contributed by atoms with Crippen molar-refractivity contribution in [1.82, 2.24) is 4.90 Å². The molecule has 6 nitrogen and oxygen atoms in total. The minimum absolute atomic E-state index is 0.112. The van der Waals surface area contributed by atoms with Crippen LogP contribution in [-0.4, -0.2) is 48.6 Å². The molecule has 24 heavy (non-hydrogen) atoms. The Kier molecular flexibility index (Phi) is 5.98. The van der Waals surface area contributed by atoms with Crippen LogP contribution in [0.15, 0.2) is 35.6 Å². The number of rotatable bonds is 8. The first-order valence-electron chi connectivity index (χ1n) is 7.98. The van der Waals surface area contributed by atoms with E-state index in [4.69, 9.17) is 9.47 Å². The number of aliphatic hydroxyl groups is 1. The third-order valence-electron chi connectivity index (χ3n) is 4.01. The highest BCUT2D eigenvalue weighted by Gasteiger charge is 2.43. The first-order valence-corrected chi connectivity index (χ1v) is 7.98. The maximum absolute atomic E-state index is 12.5. The second-order valence-corrected chi connectivity index (χ2v) is 5.51. The lowest BCUT2D eigenvalue weighted by Crippen LogP contribution is -2.32. The Morgan fingerprint density at radius 2 is 2.04 bits per heavy atom. The summed E-state index contributed by atoms with van der Waals surface area (Å²) in [6, 6.07) is 6.55. The number of ketones is 1. The summed E-state index contributed by atoms with van der Waals surface area (Å²) in [5, 5.41) is 10.2. The number of carbonyl (C=O) groups excluding carboxylic acids is 2. The van der Waals surface area contributed by atoms with Gasteiger partial charge in [0, 0.05) is 25.3 Å². The molecule has 6 heteroatoms. The molecular weight excluding hydrogens is 310 g/mol. The molecule has 1 amide bonds. The summed E-state index contributed by atoms with van der Waals surface area (Å²) < 4.78 is 10.7. The minimum Gasteiger partial charge on any atom is -0.503 e. The van der Waals surface area contributed by atoms with E-state index in [-0.39, 0.29) is 11.4 Å². The maximum atomic E-state index is 12.5. The number of para-hydroxylation sites is 1. The number of methoxy groups -OCH3 is 1. The fourth-order valence-corrected chi connectivity index (χ4v) is 2.94. The average Bonchev–Trinajstić information content (AvgIpc) is 2.83. The van der Waals surface area contributed by atoms with Gasteiger partial charge in [-0.25, -0.2) is 0 Å². The number of amides is 1. The molecule has 0 fully saturated rings. The third-order valence-corrected chi connectivity index (χ3v) is 4.01. The zero-order chi connectivity index (χ0) is 17.7. The molecule has 0 spiro atoms. The van der Waals surface area contributed by atoms with E-state index in [1.165, 1.54) is 18.9 Å². The van der Waals surface area contributed by atoms with E-state index >= 15 is 0 Å². The number of aliphatic hydroxyl groups excluding tert-OH is 1. The van der Waals surface area contributed by atoms with Crippen LogP contribution in [-0.2, 0) is 14.3 Å². The van der Waals surface area contributed by atoms with Crippen molar-refractivity contribution in [1.29, 1.82) is 0 Å². The largest absolute Gasteiger partial charge is 0.503 e. The topological polar surface area (TPSA) is 76.1 Å². The fourth-order valence-electron chi connectivity index (χ4n) is 2.94. The molecule has 130 valence electrons. The summed E-state index contributed by atoms with van der Waals surface area (Å²) in [5.41, 5.74) is 0.792. The molecule has 0 saturated heterocycles. The molecule has 1 unspecified atom stereocenters. The number of hydrogen-bond acceptors (Lipinski definition) is 5. The molecule has 1 aromatic carbocycles. The number of hydrogen-bond donors (Lipinski definition) is 1. The second-order valence-electron chi connectivity index (χ2n) is 5.51. The Hall–Kier alpha value is -2.34. The van der Waals surface area contributed by atoms with Crippen LogP contribution < -0.4 is 4.74 Å². The van der Waals surface area contributed by atoms with Crippen LogP contribution in [0.1, 0.15) is 31.9 Å². The average molecular weight is 333 g/mol. The maximum Gasteiger partial charge on any atom is 0.290 e. The number of Topliss-reactive ketones (excluding diaryl/α,β-unsaturated/α-hetero) is 1. The Labute approximate surface area is 141 Å². The van der Waals surface area contributed by atoms with Gasteiger partial charge in [-0.1, -0.05) is 18.2 Å². The number of benzene rings is 1. The third kappa shape index (κ3) is 3.43. The van der Waals surface area contributed by atoms with Gasteiger partial charge in [0.05, 0.1) is 18.7 Å². The standard InChI is InChI=1S/C18H23NO5/c1-4-24-11-7-10-19-16(13-8-5-6-9-14(13)23-3)15(12(2)20)17(21)18(19)22/h5-6,8-9,16,21H,4,7,10-11H2,1-3H3. The lowest BCUT2D eigenvalue weighted by atomic mass is 9.96. The van der Waals surface area contributed by atoms with Crippen LogP contribution in [0.5, 0.6) is 5.75 Å². The van der Waals surface area contributed by atoms with Gasteiger partial charge < -0.3 is 19.5 Å². The van der Waals surface area contributed by atoms with Crippen molar-refractivity contribution < 1.29 is 24.2 Å². The van der Waals surface area contributed by atoms with Crippen molar-refractivity contribution in [3.05, 3.63) is 41.2 Å². The van der Waals surface area contributed by atoms with Gasteiger partial charge >= 0.3 is 0 Å². The van der Waals surface area contributed by atoms with E-state index in [1.54, 1.807) is 12.1 Å². The van der Waals surface area contributed by atoms with Crippen LogP contribution in [0.3, 0.4) is 0 Å². The normalized spacial score (nSPS) is 17.5. The number of nitrogens with zero attached hydrogens (tertiary/aromatic N) is 1. The zero-order valence-electron chi connectivity index (χ0n) is 14.2. The summed E-state index contributed by atoms with van der Waals surface area (Å²) in [7, 11) is 1.53. The van der Waals surface area contributed by atoms with Gasteiger partial charge in [0.2, 0.25) is 0 Å². The molecule has 0 radical (unpaired) electrons. The second kappa shape index (κ2) is 7.97. The smallest absolute Gasteiger partial charge is 0.290 e. The van der Waals surface area contributed by atoms with E-state index in [0.29, 0.717) is 37.5 Å². The predicted octanol–water partition coefficient (Wildman–Crippen LogP) is 2.41. The minimum atomic E-state index is -0.646. The van der Waals surface area contributed by atoms with E-state index in [9.17, 15) is 14.7 Å². The quantitative estimate of drug-likeness (QED) is 0.739. The summed E-state index contributed by atoms with van der Waals surface area (Å²) >= 11 is 0. The fraction of sp³-hybridized carbons (Fsp3) is 0.444. The highest BCUT2D eigenvalue weighted by Crippen LogP contribution is 2.41. The summed E-state index contributed by atoms with van der Waals surface area (Å²) in [4.78, 5) is 26.0. The van der Waals surface area contributed by atoms with Gasteiger partial charge in [0.15, 0.2) is 11.5 Å².